The normalized spacial score (nSPS) is 11.6. The van der Waals surface area contributed by atoms with Gasteiger partial charge in [0.15, 0.2) is 0 Å². The van der Waals surface area contributed by atoms with E-state index < -0.39 is 0 Å². The summed E-state index contributed by atoms with van der Waals surface area (Å²) in [4.78, 5) is 2.33. The largest absolute Gasteiger partial charge is 0.311 e. The lowest BCUT2D eigenvalue weighted by Crippen LogP contribution is -2.10. The summed E-state index contributed by atoms with van der Waals surface area (Å²) >= 11 is 0. The Hall–Kier alpha value is -7.36. The Morgan fingerprint density at radius 2 is 0.855 bits per heavy atom. The minimum absolute atomic E-state index is 1.10. The van der Waals surface area contributed by atoms with Crippen LogP contribution >= 0.6 is 0 Å². The van der Waals surface area contributed by atoms with E-state index >= 15 is 0 Å². The Labute approximate surface area is 319 Å². The minimum Gasteiger partial charge on any atom is -0.311 e. The third-order valence-electron chi connectivity index (χ3n) is 11.1. The van der Waals surface area contributed by atoms with Gasteiger partial charge in [0.2, 0.25) is 0 Å². The van der Waals surface area contributed by atoms with Crippen LogP contribution in [0.3, 0.4) is 0 Å². The Morgan fingerprint density at radius 3 is 1.60 bits per heavy atom. The fourth-order valence-electron chi connectivity index (χ4n) is 8.58. The highest BCUT2D eigenvalue weighted by atomic mass is 15.1. The molecule has 0 spiro atoms. The summed E-state index contributed by atoms with van der Waals surface area (Å²) in [5.41, 5.74) is 12.8. The van der Waals surface area contributed by atoms with E-state index in [1.165, 1.54) is 65.5 Å². The SMILES string of the molecule is c1ccc(N(c2ccc(-c3ccc4ccccc4c3)cc2)c2ccc(-n3c4ccccc4c4c3ccc3c5ccccc5n(-c5ccccc5)c34)cc2)cc1. The van der Waals surface area contributed by atoms with Crippen molar-refractivity contribution in [3.05, 3.63) is 212 Å². The van der Waals surface area contributed by atoms with Crippen LogP contribution in [0.5, 0.6) is 0 Å². The predicted octanol–water partition coefficient (Wildman–Crippen LogP) is 14.2. The standard InChI is InChI=1S/C52H35N3/c1-3-15-40(16-4-1)53(42-27-25-37(26-28-42)39-24-23-36-13-7-8-14-38(36)35-39)43-29-31-44(32-30-43)54-49-22-12-10-20-47(49)51-50(54)34-33-46-45-19-9-11-21-48(45)55(52(46)51)41-17-5-2-6-18-41/h1-35H. The molecule has 11 rings (SSSR count). The van der Waals surface area contributed by atoms with E-state index in [1.807, 2.05) is 0 Å². The highest BCUT2D eigenvalue weighted by Crippen LogP contribution is 2.43. The van der Waals surface area contributed by atoms with Gasteiger partial charge in [-0.3, -0.25) is 0 Å². The van der Waals surface area contributed by atoms with Crippen molar-refractivity contribution in [3.8, 4) is 22.5 Å². The maximum absolute atomic E-state index is 2.44. The van der Waals surface area contributed by atoms with Crippen molar-refractivity contribution in [2.24, 2.45) is 0 Å². The molecule has 9 aromatic carbocycles. The van der Waals surface area contributed by atoms with E-state index in [4.69, 9.17) is 0 Å². The van der Waals surface area contributed by atoms with Gasteiger partial charge < -0.3 is 14.0 Å². The number of hydrogen-bond donors (Lipinski definition) is 0. The number of rotatable bonds is 6. The van der Waals surface area contributed by atoms with Crippen LogP contribution in [0.25, 0.3) is 76.9 Å². The first-order chi connectivity index (χ1) is 27.3. The predicted molar refractivity (Wildman–Crippen MR) is 233 cm³/mol. The first-order valence-electron chi connectivity index (χ1n) is 18.9. The fraction of sp³-hybridized carbons (Fsp3) is 0. The molecule has 0 atom stereocenters. The first kappa shape index (κ1) is 31.2. The lowest BCUT2D eigenvalue weighted by molar-refractivity contribution is 1.17. The summed E-state index contributed by atoms with van der Waals surface area (Å²) in [5, 5.41) is 7.53. The van der Waals surface area contributed by atoms with Crippen molar-refractivity contribution in [3.63, 3.8) is 0 Å². The lowest BCUT2D eigenvalue weighted by Gasteiger charge is -2.26. The third-order valence-corrected chi connectivity index (χ3v) is 11.1. The fourth-order valence-corrected chi connectivity index (χ4v) is 8.58. The van der Waals surface area contributed by atoms with Crippen molar-refractivity contribution in [1.82, 2.24) is 9.13 Å². The Bertz CT molecular complexity index is 3170. The van der Waals surface area contributed by atoms with E-state index in [0.29, 0.717) is 0 Å². The van der Waals surface area contributed by atoms with Gasteiger partial charge in [-0.05, 0) is 107 Å². The zero-order chi connectivity index (χ0) is 36.3. The van der Waals surface area contributed by atoms with Crippen LogP contribution in [0.15, 0.2) is 212 Å². The number of hydrogen-bond acceptors (Lipinski definition) is 1. The third kappa shape index (κ3) is 5.05. The van der Waals surface area contributed by atoms with E-state index in [1.54, 1.807) is 0 Å². The molecule has 0 N–H and O–H groups in total. The summed E-state index contributed by atoms with van der Waals surface area (Å²) < 4.78 is 4.86. The van der Waals surface area contributed by atoms with Gasteiger partial charge in [0, 0.05) is 50.0 Å². The molecule has 0 fully saturated rings. The molecule has 0 aliphatic rings. The van der Waals surface area contributed by atoms with E-state index in [0.717, 1.165) is 28.4 Å². The zero-order valence-electron chi connectivity index (χ0n) is 30.0. The monoisotopic (exact) mass is 701 g/mol. The molecule has 0 radical (unpaired) electrons. The maximum atomic E-state index is 2.44. The van der Waals surface area contributed by atoms with Crippen molar-refractivity contribution in [1.29, 1.82) is 0 Å². The van der Waals surface area contributed by atoms with Crippen molar-refractivity contribution in [2.45, 2.75) is 0 Å². The molecule has 258 valence electrons. The van der Waals surface area contributed by atoms with E-state index in [2.05, 4.69) is 226 Å². The molecule has 55 heavy (non-hydrogen) atoms. The molecule has 0 unspecified atom stereocenters. The molecule has 0 saturated heterocycles. The average Bonchev–Trinajstić information content (AvgIpc) is 3.78. The summed E-state index contributed by atoms with van der Waals surface area (Å²) in [5.74, 6) is 0. The molecule has 0 saturated carbocycles. The second-order valence-electron chi connectivity index (χ2n) is 14.2. The molecule has 11 aromatic rings. The molecule has 2 heterocycles. The topological polar surface area (TPSA) is 13.1 Å². The molecule has 3 heteroatoms. The second kappa shape index (κ2) is 12.6. The number of fused-ring (bicyclic) bond motifs is 8. The molecule has 0 bridgehead atoms. The van der Waals surface area contributed by atoms with Crippen molar-refractivity contribution >= 4 is 71.4 Å². The Balaban J connectivity index is 1.05. The number of anilines is 3. The van der Waals surface area contributed by atoms with E-state index in [9.17, 15) is 0 Å². The van der Waals surface area contributed by atoms with Crippen LogP contribution in [-0.2, 0) is 0 Å². The molecule has 3 nitrogen and oxygen atoms in total. The smallest absolute Gasteiger partial charge is 0.0641 e. The molecular weight excluding hydrogens is 667 g/mol. The van der Waals surface area contributed by atoms with Crippen LogP contribution in [0.2, 0.25) is 0 Å². The summed E-state index contributed by atoms with van der Waals surface area (Å²) in [7, 11) is 0. The molecule has 0 aliphatic heterocycles. The van der Waals surface area contributed by atoms with Crippen LogP contribution in [0.4, 0.5) is 17.1 Å². The average molecular weight is 702 g/mol. The number of para-hydroxylation sites is 4. The molecule has 0 amide bonds. The van der Waals surface area contributed by atoms with Gasteiger partial charge in [-0.25, -0.2) is 0 Å². The highest BCUT2D eigenvalue weighted by Gasteiger charge is 2.21. The van der Waals surface area contributed by atoms with Gasteiger partial charge in [0.05, 0.1) is 22.1 Å². The molecule has 2 aromatic heterocycles. The zero-order valence-corrected chi connectivity index (χ0v) is 30.0. The van der Waals surface area contributed by atoms with Crippen LogP contribution in [-0.4, -0.2) is 9.13 Å². The Morgan fingerprint density at radius 1 is 0.309 bits per heavy atom. The quantitative estimate of drug-likeness (QED) is 0.168. The summed E-state index contributed by atoms with van der Waals surface area (Å²) in [6.07, 6.45) is 0. The van der Waals surface area contributed by atoms with Gasteiger partial charge in [0.25, 0.3) is 0 Å². The second-order valence-corrected chi connectivity index (χ2v) is 14.2. The van der Waals surface area contributed by atoms with Crippen molar-refractivity contribution < 1.29 is 0 Å². The van der Waals surface area contributed by atoms with Crippen molar-refractivity contribution in [2.75, 3.05) is 4.90 Å². The van der Waals surface area contributed by atoms with Gasteiger partial charge in [-0.15, -0.1) is 0 Å². The molecule has 0 aliphatic carbocycles. The lowest BCUT2D eigenvalue weighted by atomic mass is 10.0. The summed E-state index contributed by atoms with van der Waals surface area (Å²) in [6.45, 7) is 0. The van der Waals surface area contributed by atoms with Crippen LogP contribution in [0.1, 0.15) is 0 Å². The molecular formula is C52H35N3. The number of aromatic nitrogens is 2. The van der Waals surface area contributed by atoms with Crippen LogP contribution in [0, 0.1) is 0 Å². The van der Waals surface area contributed by atoms with Crippen LogP contribution < -0.4 is 4.90 Å². The Kier molecular flexibility index (Phi) is 7.17. The van der Waals surface area contributed by atoms with Gasteiger partial charge in [0.1, 0.15) is 0 Å². The van der Waals surface area contributed by atoms with Gasteiger partial charge in [-0.2, -0.15) is 0 Å². The first-order valence-corrected chi connectivity index (χ1v) is 18.9. The van der Waals surface area contributed by atoms with E-state index in [-0.39, 0.29) is 0 Å². The highest BCUT2D eigenvalue weighted by molar-refractivity contribution is 6.26. The number of benzene rings is 9. The number of nitrogens with zero attached hydrogens (tertiary/aromatic N) is 3. The minimum atomic E-state index is 1.10. The van der Waals surface area contributed by atoms with Gasteiger partial charge >= 0.3 is 0 Å². The maximum Gasteiger partial charge on any atom is 0.0641 e. The van der Waals surface area contributed by atoms with Gasteiger partial charge in [-0.1, -0.05) is 127 Å². The summed E-state index contributed by atoms with van der Waals surface area (Å²) in [6, 6.07) is 76.8.